The molecule has 4 heteroatoms. The van der Waals surface area contributed by atoms with Crippen LogP contribution in [0.4, 0.5) is 0 Å². The Kier molecular flexibility index (Phi) is 2.95. The van der Waals surface area contributed by atoms with Crippen LogP contribution in [0.3, 0.4) is 0 Å². The molecule has 0 aromatic heterocycles. The number of nitriles is 1. The highest BCUT2D eigenvalue weighted by Gasteiger charge is 2.33. The molecule has 0 spiro atoms. The quantitative estimate of drug-likeness (QED) is 0.870. The molecule has 1 heterocycles. The predicted molar refractivity (Wildman–Crippen MR) is 61.5 cm³/mol. The van der Waals surface area contributed by atoms with Crippen LogP contribution in [0.5, 0.6) is 11.5 Å². The van der Waals surface area contributed by atoms with Crippen molar-refractivity contribution in [3.63, 3.8) is 0 Å². The summed E-state index contributed by atoms with van der Waals surface area (Å²) in [5, 5.41) is 19.4. The highest BCUT2D eigenvalue weighted by molar-refractivity contribution is 5.45. The van der Waals surface area contributed by atoms with Crippen molar-refractivity contribution >= 4 is 0 Å². The van der Waals surface area contributed by atoms with Gasteiger partial charge in [-0.05, 0) is 31.0 Å². The number of nitrogens with zero attached hydrogens (tertiary/aromatic N) is 1. The van der Waals surface area contributed by atoms with E-state index >= 15 is 0 Å². The Morgan fingerprint density at radius 1 is 1.47 bits per heavy atom. The molecule has 0 amide bonds. The molecule has 1 aliphatic rings. The van der Waals surface area contributed by atoms with E-state index in [2.05, 4.69) is 6.07 Å². The maximum Gasteiger partial charge on any atom is 0.231 e. The van der Waals surface area contributed by atoms with Crippen molar-refractivity contribution < 1.29 is 14.6 Å². The van der Waals surface area contributed by atoms with Crippen molar-refractivity contribution in [2.24, 2.45) is 5.41 Å². The van der Waals surface area contributed by atoms with Crippen molar-refractivity contribution in [1.82, 2.24) is 0 Å². The molecule has 0 aliphatic carbocycles. The SMILES string of the molecule is CCC(C)(C#N)C(O)c1ccc2c(c1)OCO2. The molecule has 0 bridgehead atoms. The summed E-state index contributed by atoms with van der Waals surface area (Å²) in [5.74, 6) is 1.30. The lowest BCUT2D eigenvalue weighted by Gasteiger charge is -2.26. The van der Waals surface area contributed by atoms with Crippen LogP contribution in [0, 0.1) is 16.7 Å². The van der Waals surface area contributed by atoms with E-state index in [4.69, 9.17) is 14.7 Å². The second-order valence-corrected chi connectivity index (χ2v) is 4.40. The fraction of sp³-hybridized carbons (Fsp3) is 0.462. The highest BCUT2D eigenvalue weighted by Crippen LogP contribution is 2.40. The van der Waals surface area contributed by atoms with Crippen LogP contribution >= 0.6 is 0 Å². The Bertz CT molecular complexity index is 466. The van der Waals surface area contributed by atoms with E-state index in [0.717, 1.165) is 0 Å². The summed E-state index contributed by atoms with van der Waals surface area (Å²) in [4.78, 5) is 0. The molecule has 4 nitrogen and oxygen atoms in total. The molecule has 90 valence electrons. The molecule has 1 N–H and O–H groups in total. The number of hydrogen-bond acceptors (Lipinski definition) is 4. The van der Waals surface area contributed by atoms with Gasteiger partial charge in [-0.3, -0.25) is 0 Å². The molecule has 1 aromatic carbocycles. The summed E-state index contributed by atoms with van der Waals surface area (Å²) < 4.78 is 10.5. The van der Waals surface area contributed by atoms with Crippen LogP contribution in [0.1, 0.15) is 31.9 Å². The van der Waals surface area contributed by atoms with Crippen LogP contribution in [-0.4, -0.2) is 11.9 Å². The summed E-state index contributed by atoms with van der Waals surface area (Å²) in [7, 11) is 0. The van der Waals surface area contributed by atoms with E-state index in [1.54, 1.807) is 25.1 Å². The van der Waals surface area contributed by atoms with Gasteiger partial charge in [0.05, 0.1) is 17.6 Å². The predicted octanol–water partition coefficient (Wildman–Crippen LogP) is 2.39. The summed E-state index contributed by atoms with van der Waals surface area (Å²) in [5.41, 5.74) is -0.103. The minimum atomic E-state index is -0.827. The van der Waals surface area contributed by atoms with Crippen LogP contribution in [-0.2, 0) is 0 Å². The summed E-state index contributed by atoms with van der Waals surface area (Å²) in [6, 6.07) is 7.43. The minimum absolute atomic E-state index is 0.207. The lowest BCUT2D eigenvalue weighted by atomic mass is 9.80. The summed E-state index contributed by atoms with van der Waals surface area (Å²) in [6.07, 6.45) is -0.244. The second-order valence-electron chi connectivity index (χ2n) is 4.40. The fourth-order valence-corrected chi connectivity index (χ4v) is 1.78. The van der Waals surface area contributed by atoms with Gasteiger partial charge in [-0.15, -0.1) is 0 Å². The first-order valence-corrected chi connectivity index (χ1v) is 5.59. The minimum Gasteiger partial charge on any atom is -0.454 e. The molecule has 17 heavy (non-hydrogen) atoms. The third-order valence-electron chi connectivity index (χ3n) is 3.31. The normalized spacial score (nSPS) is 18.2. The van der Waals surface area contributed by atoms with Crippen molar-refractivity contribution in [3.8, 4) is 17.6 Å². The summed E-state index contributed by atoms with van der Waals surface area (Å²) in [6.45, 7) is 3.85. The van der Waals surface area contributed by atoms with Gasteiger partial charge in [-0.1, -0.05) is 13.0 Å². The fourth-order valence-electron chi connectivity index (χ4n) is 1.78. The zero-order valence-electron chi connectivity index (χ0n) is 9.93. The molecule has 2 rings (SSSR count). The van der Waals surface area contributed by atoms with Crippen LogP contribution in [0.15, 0.2) is 18.2 Å². The second kappa shape index (κ2) is 4.27. The highest BCUT2D eigenvalue weighted by atomic mass is 16.7. The van der Waals surface area contributed by atoms with Crippen molar-refractivity contribution in [3.05, 3.63) is 23.8 Å². The third-order valence-corrected chi connectivity index (χ3v) is 3.31. The van der Waals surface area contributed by atoms with Crippen molar-refractivity contribution in [1.29, 1.82) is 5.26 Å². The summed E-state index contributed by atoms with van der Waals surface area (Å²) >= 11 is 0. The van der Waals surface area contributed by atoms with E-state index in [0.29, 0.717) is 23.5 Å². The number of hydrogen-bond donors (Lipinski definition) is 1. The Morgan fingerprint density at radius 3 is 2.82 bits per heavy atom. The number of benzene rings is 1. The molecule has 0 radical (unpaired) electrons. The molecule has 1 aliphatic heterocycles. The third kappa shape index (κ3) is 1.94. The van der Waals surface area contributed by atoms with Gasteiger partial charge in [0, 0.05) is 0 Å². The first kappa shape index (κ1) is 11.7. The van der Waals surface area contributed by atoms with Gasteiger partial charge in [-0.25, -0.2) is 0 Å². The van der Waals surface area contributed by atoms with Crippen LogP contribution < -0.4 is 9.47 Å². The average molecular weight is 233 g/mol. The number of aliphatic hydroxyl groups excluding tert-OH is 1. The van der Waals surface area contributed by atoms with Gasteiger partial charge >= 0.3 is 0 Å². The van der Waals surface area contributed by atoms with E-state index in [-0.39, 0.29) is 6.79 Å². The molecule has 2 unspecified atom stereocenters. The van der Waals surface area contributed by atoms with Crippen molar-refractivity contribution in [2.45, 2.75) is 26.4 Å². The zero-order valence-corrected chi connectivity index (χ0v) is 9.93. The lowest BCUT2D eigenvalue weighted by molar-refractivity contribution is 0.0720. The Balaban J connectivity index is 2.32. The zero-order chi connectivity index (χ0) is 12.5. The van der Waals surface area contributed by atoms with E-state index in [1.807, 2.05) is 6.92 Å². The number of aliphatic hydroxyl groups is 1. The lowest BCUT2D eigenvalue weighted by Crippen LogP contribution is -2.22. The maximum atomic E-state index is 10.3. The largest absolute Gasteiger partial charge is 0.454 e. The smallest absolute Gasteiger partial charge is 0.231 e. The first-order chi connectivity index (χ1) is 8.10. The van der Waals surface area contributed by atoms with Gasteiger partial charge in [0.1, 0.15) is 0 Å². The Morgan fingerprint density at radius 2 is 2.18 bits per heavy atom. The van der Waals surface area contributed by atoms with Crippen molar-refractivity contribution in [2.75, 3.05) is 6.79 Å². The molecular formula is C13H15NO3. The molecular weight excluding hydrogens is 218 g/mol. The van der Waals surface area contributed by atoms with Gasteiger partial charge in [0.15, 0.2) is 11.5 Å². The average Bonchev–Trinajstić information content (AvgIpc) is 2.84. The Labute approximate surface area is 100 Å². The maximum absolute atomic E-state index is 10.3. The van der Waals surface area contributed by atoms with Gasteiger partial charge < -0.3 is 14.6 Å². The molecule has 0 fully saturated rings. The Hall–Kier alpha value is -1.73. The van der Waals surface area contributed by atoms with Crippen LogP contribution in [0.2, 0.25) is 0 Å². The number of ether oxygens (including phenoxy) is 2. The molecule has 0 saturated carbocycles. The van der Waals surface area contributed by atoms with Gasteiger partial charge in [0.25, 0.3) is 0 Å². The van der Waals surface area contributed by atoms with E-state index in [1.165, 1.54) is 0 Å². The van der Waals surface area contributed by atoms with Gasteiger partial charge in [0.2, 0.25) is 6.79 Å². The van der Waals surface area contributed by atoms with Gasteiger partial charge in [-0.2, -0.15) is 5.26 Å². The molecule has 0 saturated heterocycles. The number of fused-ring (bicyclic) bond motifs is 1. The molecule has 1 aromatic rings. The van der Waals surface area contributed by atoms with Crippen LogP contribution in [0.25, 0.3) is 0 Å². The molecule has 2 atom stereocenters. The number of rotatable bonds is 3. The van der Waals surface area contributed by atoms with E-state index in [9.17, 15) is 5.11 Å². The first-order valence-electron chi connectivity index (χ1n) is 5.59. The standard InChI is InChI=1S/C13H15NO3/c1-3-13(2,7-14)12(15)9-4-5-10-11(6-9)17-8-16-10/h4-6,12,15H,3,8H2,1-2H3. The monoisotopic (exact) mass is 233 g/mol. The topological polar surface area (TPSA) is 62.5 Å². The van der Waals surface area contributed by atoms with E-state index < -0.39 is 11.5 Å².